The molecule has 0 atom stereocenters. The van der Waals surface area contributed by atoms with Crippen LogP contribution in [0.3, 0.4) is 0 Å². The number of carbonyl (C=O) groups excluding carboxylic acids is 1. The molecule has 0 saturated carbocycles. The molecule has 1 N–H and O–H groups in total. The van der Waals surface area contributed by atoms with Gasteiger partial charge < -0.3 is 9.72 Å². The van der Waals surface area contributed by atoms with Gasteiger partial charge in [-0.25, -0.2) is 14.8 Å². The van der Waals surface area contributed by atoms with E-state index in [0.29, 0.717) is 11.0 Å². The molecular formula is C9H7N3O3. The van der Waals surface area contributed by atoms with Gasteiger partial charge in [0.2, 0.25) is 5.56 Å². The fraction of sp³-hybridized carbons (Fsp3) is 0.111. The minimum absolute atomic E-state index is 0.138. The smallest absolute Gasteiger partial charge is 0.357 e. The first-order valence-corrected chi connectivity index (χ1v) is 4.14. The standard InChI is InChI=1S/C9H7N3O3/c1-15-9(14)7-5-2-3-6(13)12-8(5)11-4-10-7/h2-4H,1H3,(H,10,11,12,13). The second-order valence-corrected chi connectivity index (χ2v) is 2.80. The van der Waals surface area contributed by atoms with Crippen molar-refractivity contribution < 1.29 is 9.53 Å². The van der Waals surface area contributed by atoms with E-state index in [1.165, 1.54) is 25.6 Å². The van der Waals surface area contributed by atoms with Gasteiger partial charge in [0.25, 0.3) is 0 Å². The van der Waals surface area contributed by atoms with Crippen LogP contribution in [0.25, 0.3) is 11.0 Å². The topological polar surface area (TPSA) is 84.9 Å². The number of pyridine rings is 1. The van der Waals surface area contributed by atoms with Gasteiger partial charge in [0.15, 0.2) is 5.69 Å². The molecule has 76 valence electrons. The van der Waals surface area contributed by atoms with Crippen LogP contribution in [0.15, 0.2) is 23.3 Å². The Morgan fingerprint density at radius 3 is 2.93 bits per heavy atom. The van der Waals surface area contributed by atoms with Gasteiger partial charge in [-0.3, -0.25) is 4.79 Å². The lowest BCUT2D eigenvalue weighted by Gasteiger charge is -2.01. The summed E-state index contributed by atoms with van der Waals surface area (Å²) >= 11 is 0. The summed E-state index contributed by atoms with van der Waals surface area (Å²) in [4.78, 5) is 32.4. The third-order valence-corrected chi connectivity index (χ3v) is 1.91. The number of hydrogen-bond donors (Lipinski definition) is 1. The first-order valence-electron chi connectivity index (χ1n) is 4.14. The van der Waals surface area contributed by atoms with Crippen molar-refractivity contribution in [2.24, 2.45) is 0 Å². The minimum atomic E-state index is -0.561. The van der Waals surface area contributed by atoms with E-state index in [9.17, 15) is 9.59 Å². The highest BCUT2D eigenvalue weighted by Crippen LogP contribution is 2.10. The van der Waals surface area contributed by atoms with Gasteiger partial charge in [-0.05, 0) is 6.07 Å². The van der Waals surface area contributed by atoms with Crippen LogP contribution in [-0.2, 0) is 4.74 Å². The number of methoxy groups -OCH3 is 1. The van der Waals surface area contributed by atoms with Crippen molar-refractivity contribution in [2.45, 2.75) is 0 Å². The lowest BCUT2D eigenvalue weighted by atomic mass is 10.2. The number of H-pyrrole nitrogens is 1. The SMILES string of the molecule is COC(=O)c1ncnc2[nH]c(=O)ccc12. The van der Waals surface area contributed by atoms with Crippen molar-refractivity contribution in [3.63, 3.8) is 0 Å². The van der Waals surface area contributed by atoms with Crippen molar-refractivity contribution >= 4 is 17.0 Å². The molecule has 2 heterocycles. The van der Waals surface area contributed by atoms with Crippen LogP contribution in [0.2, 0.25) is 0 Å². The molecule has 0 amide bonds. The predicted octanol–water partition coefficient (Wildman–Crippen LogP) is 0.105. The molecule has 0 aliphatic heterocycles. The van der Waals surface area contributed by atoms with E-state index in [1.807, 2.05) is 0 Å². The van der Waals surface area contributed by atoms with E-state index in [0.717, 1.165) is 0 Å². The first kappa shape index (κ1) is 9.32. The Balaban J connectivity index is 2.76. The zero-order valence-electron chi connectivity index (χ0n) is 7.85. The highest BCUT2D eigenvalue weighted by atomic mass is 16.5. The number of nitrogens with zero attached hydrogens (tertiary/aromatic N) is 2. The molecule has 0 radical (unpaired) electrons. The molecular weight excluding hydrogens is 198 g/mol. The largest absolute Gasteiger partial charge is 0.464 e. The Morgan fingerprint density at radius 2 is 2.20 bits per heavy atom. The van der Waals surface area contributed by atoms with Crippen LogP contribution in [0, 0.1) is 0 Å². The van der Waals surface area contributed by atoms with E-state index in [-0.39, 0.29) is 11.3 Å². The zero-order valence-corrected chi connectivity index (χ0v) is 7.85. The molecule has 0 aromatic carbocycles. The zero-order chi connectivity index (χ0) is 10.8. The van der Waals surface area contributed by atoms with Gasteiger partial charge in [-0.2, -0.15) is 0 Å². The molecule has 2 aromatic rings. The average molecular weight is 205 g/mol. The maximum Gasteiger partial charge on any atom is 0.357 e. The van der Waals surface area contributed by atoms with Crippen LogP contribution >= 0.6 is 0 Å². The molecule has 0 bridgehead atoms. The van der Waals surface area contributed by atoms with Crippen LogP contribution in [0.5, 0.6) is 0 Å². The average Bonchev–Trinajstić information content (AvgIpc) is 2.26. The fourth-order valence-corrected chi connectivity index (χ4v) is 1.23. The van der Waals surface area contributed by atoms with Crippen molar-refractivity contribution in [1.29, 1.82) is 0 Å². The summed E-state index contributed by atoms with van der Waals surface area (Å²) < 4.78 is 4.55. The second-order valence-electron chi connectivity index (χ2n) is 2.80. The van der Waals surface area contributed by atoms with E-state index < -0.39 is 5.97 Å². The molecule has 2 rings (SSSR count). The third-order valence-electron chi connectivity index (χ3n) is 1.91. The van der Waals surface area contributed by atoms with E-state index in [1.54, 1.807) is 0 Å². The number of ether oxygens (including phenoxy) is 1. The number of carbonyl (C=O) groups is 1. The van der Waals surface area contributed by atoms with Gasteiger partial charge in [-0.15, -0.1) is 0 Å². The molecule has 0 aliphatic rings. The predicted molar refractivity (Wildman–Crippen MR) is 51.5 cm³/mol. The maximum atomic E-state index is 11.3. The summed E-state index contributed by atoms with van der Waals surface area (Å²) in [6, 6.07) is 2.79. The summed E-state index contributed by atoms with van der Waals surface area (Å²) in [7, 11) is 1.27. The summed E-state index contributed by atoms with van der Waals surface area (Å²) in [5, 5.41) is 0.462. The maximum absolute atomic E-state index is 11.3. The molecule has 0 spiro atoms. The van der Waals surface area contributed by atoms with Gasteiger partial charge in [0, 0.05) is 6.07 Å². The monoisotopic (exact) mass is 205 g/mol. The molecule has 0 unspecified atom stereocenters. The van der Waals surface area contributed by atoms with E-state index in [2.05, 4.69) is 19.7 Å². The summed E-state index contributed by atoms with van der Waals surface area (Å²) in [5.41, 5.74) is 0.175. The number of esters is 1. The fourth-order valence-electron chi connectivity index (χ4n) is 1.23. The molecule has 6 nitrogen and oxygen atoms in total. The molecule has 6 heteroatoms. The van der Waals surface area contributed by atoms with Crippen LogP contribution in [0.1, 0.15) is 10.5 Å². The Kier molecular flexibility index (Phi) is 2.17. The second kappa shape index (κ2) is 3.49. The van der Waals surface area contributed by atoms with Gasteiger partial charge in [0.1, 0.15) is 12.0 Å². The summed E-state index contributed by atoms with van der Waals surface area (Å²) in [5.74, 6) is -0.561. The molecule has 2 aromatic heterocycles. The van der Waals surface area contributed by atoms with Gasteiger partial charge in [0.05, 0.1) is 12.5 Å². The Labute approximate surface area is 83.9 Å². The van der Waals surface area contributed by atoms with Crippen LogP contribution in [0.4, 0.5) is 0 Å². The molecule has 15 heavy (non-hydrogen) atoms. The number of aromatic nitrogens is 3. The number of rotatable bonds is 1. The van der Waals surface area contributed by atoms with Gasteiger partial charge >= 0.3 is 5.97 Å². The Morgan fingerprint density at radius 1 is 1.40 bits per heavy atom. The summed E-state index contributed by atoms with van der Waals surface area (Å²) in [6.45, 7) is 0. The Bertz CT molecular complexity index is 576. The van der Waals surface area contributed by atoms with Crippen LogP contribution in [-0.4, -0.2) is 28.0 Å². The number of hydrogen-bond acceptors (Lipinski definition) is 5. The van der Waals surface area contributed by atoms with Crippen molar-refractivity contribution in [1.82, 2.24) is 15.0 Å². The van der Waals surface area contributed by atoms with Crippen molar-refractivity contribution in [3.05, 3.63) is 34.5 Å². The molecule has 0 aliphatic carbocycles. The number of fused-ring (bicyclic) bond motifs is 1. The van der Waals surface area contributed by atoms with E-state index in [4.69, 9.17) is 0 Å². The van der Waals surface area contributed by atoms with Gasteiger partial charge in [-0.1, -0.05) is 0 Å². The normalized spacial score (nSPS) is 10.2. The molecule has 0 saturated heterocycles. The number of aromatic amines is 1. The minimum Gasteiger partial charge on any atom is -0.464 e. The van der Waals surface area contributed by atoms with E-state index >= 15 is 0 Å². The highest BCUT2D eigenvalue weighted by molar-refractivity contribution is 6.00. The number of nitrogens with one attached hydrogen (secondary N) is 1. The Hall–Kier alpha value is -2.24. The van der Waals surface area contributed by atoms with Crippen molar-refractivity contribution in [2.75, 3.05) is 7.11 Å². The lowest BCUT2D eigenvalue weighted by Crippen LogP contribution is -2.09. The van der Waals surface area contributed by atoms with Crippen LogP contribution < -0.4 is 5.56 Å². The molecule has 0 fully saturated rings. The third kappa shape index (κ3) is 1.56. The van der Waals surface area contributed by atoms with Crippen molar-refractivity contribution in [3.8, 4) is 0 Å². The quantitative estimate of drug-likeness (QED) is 0.667. The summed E-state index contributed by atoms with van der Waals surface area (Å²) in [6.07, 6.45) is 1.20. The lowest BCUT2D eigenvalue weighted by molar-refractivity contribution is 0.0596. The first-order chi connectivity index (χ1) is 7.22. The highest BCUT2D eigenvalue weighted by Gasteiger charge is 2.12.